The van der Waals surface area contributed by atoms with Gasteiger partial charge in [0.2, 0.25) is 0 Å². The number of carbonyl (C=O) groups excluding carboxylic acids is 1. The summed E-state index contributed by atoms with van der Waals surface area (Å²) in [4.78, 5) is 11.2. The van der Waals surface area contributed by atoms with Crippen molar-refractivity contribution < 1.29 is 19.7 Å². The average Bonchev–Trinajstić information content (AvgIpc) is 2.24. The van der Waals surface area contributed by atoms with Gasteiger partial charge in [-0.1, -0.05) is 19.1 Å². The number of phenolic OH excluding ortho intramolecular Hbond substituents is 2. The zero-order valence-corrected chi connectivity index (χ0v) is 9.01. The van der Waals surface area contributed by atoms with Gasteiger partial charge in [0, 0.05) is 12.2 Å². The first-order valence-electron chi connectivity index (χ1n) is 4.99. The van der Waals surface area contributed by atoms with Gasteiger partial charge in [0.25, 0.3) is 5.91 Å². The van der Waals surface area contributed by atoms with Gasteiger partial charge < -0.3 is 20.7 Å². The highest BCUT2D eigenvalue weighted by molar-refractivity contribution is 5.81. The maximum Gasteiger partial charge on any atom is 0.251 e. The normalized spacial score (nSPS) is 12.3. The maximum absolute atomic E-state index is 11.2. The largest absolute Gasteiger partial charge is 0.504 e. The molecule has 0 bridgehead atoms. The summed E-state index contributed by atoms with van der Waals surface area (Å²) in [5.41, 5.74) is 5.35. The fraction of sp³-hybridized carbons (Fsp3) is 0.364. The molecule has 0 fully saturated rings. The van der Waals surface area contributed by atoms with Crippen molar-refractivity contribution >= 4 is 5.91 Å². The van der Waals surface area contributed by atoms with Crippen LogP contribution in [-0.4, -0.2) is 22.7 Å². The summed E-state index contributed by atoms with van der Waals surface area (Å²) in [5.74, 6) is -1.37. The summed E-state index contributed by atoms with van der Waals surface area (Å²) >= 11 is 0. The minimum absolute atomic E-state index is 0.181. The Hall–Kier alpha value is -1.75. The minimum atomic E-state index is -1.04. The van der Waals surface area contributed by atoms with E-state index >= 15 is 0 Å². The third kappa shape index (κ3) is 2.64. The first-order valence-corrected chi connectivity index (χ1v) is 4.99. The van der Waals surface area contributed by atoms with E-state index in [0.29, 0.717) is 6.61 Å². The number of benzene rings is 1. The molecule has 88 valence electrons. The summed E-state index contributed by atoms with van der Waals surface area (Å²) in [6.45, 7) is 2.24. The SMILES string of the molecule is CCCOC(C(N)=O)c1cccc(O)c1O. The number of aromatic hydroxyl groups is 2. The van der Waals surface area contributed by atoms with Crippen LogP contribution in [0.5, 0.6) is 11.5 Å². The number of nitrogens with two attached hydrogens (primary N) is 1. The zero-order valence-electron chi connectivity index (χ0n) is 9.01. The molecule has 1 amide bonds. The lowest BCUT2D eigenvalue weighted by atomic mass is 10.1. The molecule has 1 rings (SSSR count). The lowest BCUT2D eigenvalue weighted by molar-refractivity contribution is -0.130. The predicted octanol–water partition coefficient (Wildman–Crippen LogP) is 1.05. The van der Waals surface area contributed by atoms with Crippen molar-refractivity contribution in [3.05, 3.63) is 23.8 Å². The van der Waals surface area contributed by atoms with Gasteiger partial charge in [-0.15, -0.1) is 0 Å². The lowest BCUT2D eigenvalue weighted by Crippen LogP contribution is -2.24. The van der Waals surface area contributed by atoms with E-state index in [1.807, 2.05) is 6.92 Å². The summed E-state index contributed by atoms with van der Waals surface area (Å²) < 4.78 is 5.23. The summed E-state index contributed by atoms with van der Waals surface area (Å²) in [5, 5.41) is 18.9. The number of amides is 1. The second-order valence-corrected chi connectivity index (χ2v) is 3.37. The van der Waals surface area contributed by atoms with E-state index in [4.69, 9.17) is 10.5 Å². The van der Waals surface area contributed by atoms with Crippen molar-refractivity contribution in [2.75, 3.05) is 6.61 Å². The molecule has 0 aliphatic carbocycles. The summed E-state index contributed by atoms with van der Waals surface area (Å²) in [7, 11) is 0. The quantitative estimate of drug-likeness (QED) is 0.653. The Morgan fingerprint density at radius 2 is 2.19 bits per heavy atom. The Balaban J connectivity index is 3.01. The first kappa shape index (κ1) is 12.3. The molecule has 0 aliphatic rings. The molecule has 4 N–H and O–H groups in total. The molecule has 0 aromatic heterocycles. The Morgan fingerprint density at radius 1 is 1.50 bits per heavy atom. The van der Waals surface area contributed by atoms with E-state index < -0.39 is 12.0 Å². The molecule has 0 aliphatic heterocycles. The van der Waals surface area contributed by atoms with E-state index in [1.165, 1.54) is 18.2 Å². The molecule has 5 heteroatoms. The van der Waals surface area contributed by atoms with Crippen molar-refractivity contribution in [2.24, 2.45) is 5.73 Å². The van der Waals surface area contributed by atoms with Crippen molar-refractivity contribution in [2.45, 2.75) is 19.4 Å². The Labute approximate surface area is 93.5 Å². The highest BCUT2D eigenvalue weighted by Crippen LogP contribution is 2.33. The average molecular weight is 225 g/mol. The maximum atomic E-state index is 11.2. The molecule has 0 spiro atoms. The van der Waals surface area contributed by atoms with Crippen LogP contribution in [0, 0.1) is 0 Å². The minimum Gasteiger partial charge on any atom is -0.504 e. The highest BCUT2D eigenvalue weighted by atomic mass is 16.5. The Kier molecular flexibility index (Phi) is 4.13. The Morgan fingerprint density at radius 3 is 2.75 bits per heavy atom. The number of para-hydroxylation sites is 1. The molecule has 1 aromatic rings. The topological polar surface area (TPSA) is 92.8 Å². The molecule has 0 saturated carbocycles. The second-order valence-electron chi connectivity index (χ2n) is 3.37. The molecular formula is C11H15NO4. The van der Waals surface area contributed by atoms with Crippen LogP contribution in [0.4, 0.5) is 0 Å². The molecule has 1 atom stereocenters. The van der Waals surface area contributed by atoms with E-state index in [2.05, 4.69) is 0 Å². The second kappa shape index (κ2) is 5.37. The fourth-order valence-corrected chi connectivity index (χ4v) is 1.32. The number of ether oxygens (including phenoxy) is 1. The standard InChI is InChI=1S/C11H15NO4/c1-2-6-16-10(11(12)15)7-4-3-5-8(13)9(7)14/h3-5,10,13-14H,2,6H2,1H3,(H2,12,15). The van der Waals surface area contributed by atoms with Crippen molar-refractivity contribution in [1.29, 1.82) is 0 Å². The van der Waals surface area contributed by atoms with Crippen LogP contribution in [0.2, 0.25) is 0 Å². The molecule has 16 heavy (non-hydrogen) atoms. The van der Waals surface area contributed by atoms with E-state index in [1.54, 1.807) is 0 Å². The van der Waals surface area contributed by atoms with Crippen LogP contribution in [0.15, 0.2) is 18.2 Å². The van der Waals surface area contributed by atoms with Crippen molar-refractivity contribution in [3.63, 3.8) is 0 Å². The summed E-state index contributed by atoms with van der Waals surface area (Å²) in [6, 6.07) is 4.31. The lowest BCUT2D eigenvalue weighted by Gasteiger charge is -2.16. The third-order valence-electron chi connectivity index (χ3n) is 2.08. The van der Waals surface area contributed by atoms with Gasteiger partial charge in [-0.25, -0.2) is 0 Å². The molecule has 0 saturated heterocycles. The number of phenols is 2. The molecule has 1 unspecified atom stereocenters. The van der Waals surface area contributed by atoms with E-state index in [0.717, 1.165) is 6.42 Å². The van der Waals surface area contributed by atoms with Gasteiger partial charge in [0.05, 0.1) is 0 Å². The number of hydrogen-bond acceptors (Lipinski definition) is 4. The van der Waals surface area contributed by atoms with Crippen LogP contribution in [-0.2, 0) is 9.53 Å². The highest BCUT2D eigenvalue weighted by Gasteiger charge is 2.22. The Bertz CT molecular complexity index is 378. The molecule has 5 nitrogen and oxygen atoms in total. The third-order valence-corrected chi connectivity index (χ3v) is 2.08. The zero-order chi connectivity index (χ0) is 12.1. The van der Waals surface area contributed by atoms with Crippen molar-refractivity contribution in [3.8, 4) is 11.5 Å². The predicted molar refractivity (Wildman–Crippen MR) is 58.0 cm³/mol. The monoisotopic (exact) mass is 225 g/mol. The van der Waals surface area contributed by atoms with Gasteiger partial charge >= 0.3 is 0 Å². The number of primary amides is 1. The number of rotatable bonds is 5. The molecule has 0 heterocycles. The first-order chi connectivity index (χ1) is 7.57. The van der Waals surface area contributed by atoms with Crippen LogP contribution in [0.25, 0.3) is 0 Å². The van der Waals surface area contributed by atoms with E-state index in [9.17, 15) is 15.0 Å². The van der Waals surface area contributed by atoms with Crippen LogP contribution < -0.4 is 5.73 Å². The fourth-order valence-electron chi connectivity index (χ4n) is 1.32. The smallest absolute Gasteiger partial charge is 0.251 e. The van der Waals surface area contributed by atoms with Gasteiger partial charge in [-0.3, -0.25) is 4.79 Å². The van der Waals surface area contributed by atoms with Gasteiger partial charge in [-0.05, 0) is 12.5 Å². The van der Waals surface area contributed by atoms with Crippen molar-refractivity contribution in [1.82, 2.24) is 0 Å². The summed E-state index contributed by atoms with van der Waals surface area (Å²) in [6.07, 6.45) is -0.310. The van der Waals surface area contributed by atoms with Gasteiger partial charge in [0.15, 0.2) is 17.6 Å². The molecular weight excluding hydrogens is 210 g/mol. The van der Waals surface area contributed by atoms with E-state index in [-0.39, 0.29) is 17.1 Å². The molecule has 1 aromatic carbocycles. The van der Waals surface area contributed by atoms with Crippen LogP contribution >= 0.6 is 0 Å². The van der Waals surface area contributed by atoms with Crippen LogP contribution in [0.1, 0.15) is 25.0 Å². The van der Waals surface area contributed by atoms with Gasteiger partial charge in [-0.2, -0.15) is 0 Å². The molecule has 0 radical (unpaired) electrons. The number of carbonyl (C=O) groups is 1. The number of hydrogen-bond donors (Lipinski definition) is 3. The van der Waals surface area contributed by atoms with Crippen LogP contribution in [0.3, 0.4) is 0 Å². The van der Waals surface area contributed by atoms with Gasteiger partial charge in [0.1, 0.15) is 0 Å².